The number of esters is 2. The van der Waals surface area contributed by atoms with Crippen LogP contribution < -0.4 is 0 Å². The molecule has 0 aliphatic heterocycles. The van der Waals surface area contributed by atoms with Gasteiger partial charge < -0.3 is 14.6 Å². The third kappa shape index (κ3) is 5.99. The third-order valence-electron chi connectivity index (χ3n) is 11.0. The second-order valence-corrected chi connectivity index (χ2v) is 14.2. The van der Waals surface area contributed by atoms with Crippen LogP contribution in [0.5, 0.6) is 0 Å². The zero-order valence-corrected chi connectivity index (χ0v) is 24.0. The summed E-state index contributed by atoms with van der Waals surface area (Å²) in [6.45, 7) is 8.50. The van der Waals surface area contributed by atoms with Gasteiger partial charge in [0.05, 0.1) is 0 Å². The number of carbonyl (C=O) groups excluding carboxylic acids is 2. The van der Waals surface area contributed by atoms with Gasteiger partial charge in [-0.2, -0.15) is 13.2 Å². The molecule has 4 rings (SSSR count). The molecule has 0 aromatic heterocycles. The summed E-state index contributed by atoms with van der Waals surface area (Å²) >= 11 is 0. The molecule has 4 fully saturated rings. The lowest BCUT2D eigenvalue weighted by Crippen LogP contribution is -2.55. The minimum atomic E-state index is -4.59. The fourth-order valence-electron chi connectivity index (χ4n) is 9.28. The second-order valence-electron chi connectivity index (χ2n) is 14.2. The number of aliphatic hydroxyl groups is 1. The Kier molecular flexibility index (Phi) is 8.46. The first-order valence-electron chi connectivity index (χ1n) is 14.8. The van der Waals surface area contributed by atoms with E-state index in [0.29, 0.717) is 30.6 Å². The van der Waals surface area contributed by atoms with E-state index in [1.165, 1.54) is 0 Å². The second kappa shape index (κ2) is 10.8. The number of ether oxygens (including phenoxy) is 2. The van der Waals surface area contributed by atoms with Gasteiger partial charge in [-0.1, -0.05) is 13.8 Å². The Bertz CT molecular complexity index is 916. The quantitative estimate of drug-likeness (QED) is 0.219. The highest BCUT2D eigenvalue weighted by Gasteiger charge is 2.62. The van der Waals surface area contributed by atoms with Gasteiger partial charge in [0.25, 0.3) is 0 Å². The molecule has 9 heteroatoms. The number of fused-ring (bicyclic) bond motifs is 5. The monoisotopic (exact) mass is 562 g/mol. The lowest BCUT2D eigenvalue weighted by molar-refractivity contribution is -0.282. The first kappa shape index (κ1) is 30.6. The van der Waals surface area contributed by atoms with Crippen LogP contribution >= 0.6 is 0 Å². The number of hydrogen-bond acceptors (Lipinski definition) is 5. The molecule has 0 spiro atoms. The Morgan fingerprint density at radius 3 is 2.23 bits per heavy atom. The lowest BCUT2D eigenvalue weighted by Gasteiger charge is -2.57. The van der Waals surface area contributed by atoms with Gasteiger partial charge >= 0.3 is 18.1 Å². The van der Waals surface area contributed by atoms with Gasteiger partial charge in [0.1, 0.15) is 24.8 Å². The summed E-state index contributed by atoms with van der Waals surface area (Å²) in [5.41, 5.74) is -3.34. The smallest absolute Gasteiger partial charge is 0.417 e. The standard InChI is InChI=1S/C30H46F4O5/c1-17(24(16-31)38-25(35)14-26(36)39-27(2,3)4)22-8-9-23-21-7-6-18-15-29(37,30(32,33)34)13-11-19(18)20(21)10-12-28(22,23)5/h17-24,37H,6-16H2,1-5H3/t17-,18+,19-,20+,21+,22+,23-,24+,28+,29+/m0/s1. The predicted octanol–water partition coefficient (Wildman–Crippen LogP) is 6.80. The van der Waals surface area contributed by atoms with Crippen LogP contribution in [0.2, 0.25) is 0 Å². The highest BCUT2D eigenvalue weighted by atomic mass is 19.4. The molecule has 1 N–H and O–H groups in total. The Morgan fingerprint density at radius 1 is 0.949 bits per heavy atom. The minimum Gasteiger partial charge on any atom is -0.460 e. The SMILES string of the molecule is C[C@@H]([C@H]1CC[C@H]2[C@@H]3CC[C@@H]4C[C@@](O)(C(F)(F)F)CC[C@@H]4[C@H]3CC[C@]12C)[C@@H](CF)OC(=O)CC(=O)OC(C)(C)C. The lowest BCUT2D eigenvalue weighted by atomic mass is 9.48. The molecule has 4 aliphatic rings. The van der Waals surface area contributed by atoms with E-state index < -0.39 is 48.5 Å². The molecule has 224 valence electrons. The summed E-state index contributed by atoms with van der Waals surface area (Å²) in [4.78, 5) is 24.5. The molecule has 0 saturated heterocycles. The molecule has 10 atom stereocenters. The number of carbonyl (C=O) groups is 2. The minimum absolute atomic E-state index is 0.0558. The summed E-state index contributed by atoms with van der Waals surface area (Å²) in [7, 11) is 0. The van der Waals surface area contributed by atoms with Crippen molar-refractivity contribution in [2.24, 2.45) is 46.8 Å². The van der Waals surface area contributed by atoms with Gasteiger partial charge in [-0.05, 0) is 125 Å². The maximum atomic E-state index is 14.2. The fraction of sp³-hybridized carbons (Fsp3) is 0.933. The van der Waals surface area contributed by atoms with Gasteiger partial charge in [-0.3, -0.25) is 9.59 Å². The summed E-state index contributed by atoms with van der Waals surface area (Å²) in [5.74, 6) is -0.212. The van der Waals surface area contributed by atoms with Crippen molar-refractivity contribution in [3.8, 4) is 0 Å². The van der Waals surface area contributed by atoms with Crippen molar-refractivity contribution in [1.82, 2.24) is 0 Å². The molecule has 4 saturated carbocycles. The Morgan fingerprint density at radius 2 is 1.62 bits per heavy atom. The van der Waals surface area contributed by atoms with Gasteiger partial charge in [-0.15, -0.1) is 0 Å². The Hall–Kier alpha value is -1.38. The maximum absolute atomic E-state index is 14.2. The van der Waals surface area contributed by atoms with Crippen LogP contribution in [0.4, 0.5) is 17.6 Å². The first-order chi connectivity index (χ1) is 18.0. The summed E-state index contributed by atoms with van der Waals surface area (Å²) < 4.78 is 65.4. The topological polar surface area (TPSA) is 72.8 Å². The van der Waals surface area contributed by atoms with Gasteiger partial charge in [-0.25, -0.2) is 4.39 Å². The average molecular weight is 563 g/mol. The van der Waals surface area contributed by atoms with Crippen molar-refractivity contribution in [3.63, 3.8) is 0 Å². The van der Waals surface area contributed by atoms with E-state index in [1.54, 1.807) is 20.8 Å². The Labute approximate surface area is 229 Å². The van der Waals surface area contributed by atoms with Crippen LogP contribution in [0.15, 0.2) is 0 Å². The van der Waals surface area contributed by atoms with E-state index in [0.717, 1.165) is 32.1 Å². The van der Waals surface area contributed by atoms with Gasteiger partial charge in [0, 0.05) is 0 Å². The third-order valence-corrected chi connectivity index (χ3v) is 11.0. The molecule has 0 heterocycles. The van der Waals surface area contributed by atoms with Crippen LogP contribution in [0.25, 0.3) is 0 Å². The van der Waals surface area contributed by atoms with Gasteiger partial charge in [0.2, 0.25) is 0 Å². The fourth-order valence-corrected chi connectivity index (χ4v) is 9.28. The molecular weight excluding hydrogens is 516 g/mol. The number of rotatable bonds is 6. The molecule has 0 unspecified atom stereocenters. The Balaban J connectivity index is 1.40. The van der Waals surface area contributed by atoms with Crippen molar-refractivity contribution >= 4 is 11.9 Å². The van der Waals surface area contributed by atoms with E-state index in [2.05, 4.69) is 6.92 Å². The zero-order chi connectivity index (χ0) is 29.0. The largest absolute Gasteiger partial charge is 0.460 e. The molecule has 4 aliphatic carbocycles. The van der Waals surface area contributed by atoms with E-state index >= 15 is 0 Å². The number of alkyl halides is 4. The van der Waals surface area contributed by atoms with Crippen LogP contribution in [-0.2, 0) is 19.1 Å². The molecule has 0 bridgehead atoms. The summed E-state index contributed by atoms with van der Waals surface area (Å²) in [5, 5.41) is 10.3. The molecular formula is C30H46F4O5. The molecule has 5 nitrogen and oxygen atoms in total. The molecule has 0 radical (unpaired) electrons. The summed E-state index contributed by atoms with van der Waals surface area (Å²) in [6.07, 6.45) is -0.723. The van der Waals surface area contributed by atoms with Crippen molar-refractivity contribution in [2.75, 3.05) is 6.67 Å². The zero-order valence-electron chi connectivity index (χ0n) is 24.0. The van der Waals surface area contributed by atoms with Crippen LogP contribution in [0.3, 0.4) is 0 Å². The summed E-state index contributed by atoms with van der Waals surface area (Å²) in [6, 6.07) is 0. The molecule has 0 aromatic carbocycles. The van der Waals surface area contributed by atoms with E-state index in [-0.39, 0.29) is 41.9 Å². The van der Waals surface area contributed by atoms with Crippen molar-refractivity contribution in [3.05, 3.63) is 0 Å². The number of halogens is 4. The number of hydrogen-bond donors (Lipinski definition) is 1. The van der Waals surface area contributed by atoms with E-state index in [9.17, 15) is 32.3 Å². The molecule has 39 heavy (non-hydrogen) atoms. The maximum Gasteiger partial charge on any atom is 0.417 e. The van der Waals surface area contributed by atoms with Crippen LogP contribution in [0, 0.1) is 46.8 Å². The van der Waals surface area contributed by atoms with Gasteiger partial charge in [0.15, 0.2) is 5.60 Å². The van der Waals surface area contributed by atoms with Crippen molar-refractivity contribution < 1.29 is 41.7 Å². The van der Waals surface area contributed by atoms with Crippen LogP contribution in [-0.4, -0.2) is 47.2 Å². The van der Waals surface area contributed by atoms with Crippen LogP contribution in [0.1, 0.15) is 98.8 Å². The first-order valence-corrected chi connectivity index (χ1v) is 14.8. The highest BCUT2D eigenvalue weighted by molar-refractivity contribution is 5.91. The average Bonchev–Trinajstić information content (AvgIpc) is 3.17. The molecule has 0 aromatic rings. The molecule has 0 amide bonds. The normalized spacial score (nSPS) is 40.1. The van der Waals surface area contributed by atoms with Crippen molar-refractivity contribution in [2.45, 2.75) is 122 Å². The highest BCUT2D eigenvalue weighted by Crippen LogP contribution is 2.66. The predicted molar refractivity (Wildman–Crippen MR) is 137 cm³/mol. The van der Waals surface area contributed by atoms with E-state index in [4.69, 9.17) is 9.47 Å². The van der Waals surface area contributed by atoms with E-state index in [1.807, 2.05) is 6.92 Å². The van der Waals surface area contributed by atoms with Crippen molar-refractivity contribution in [1.29, 1.82) is 0 Å².